The van der Waals surface area contributed by atoms with Gasteiger partial charge in [-0.3, -0.25) is 0 Å². The quantitative estimate of drug-likeness (QED) is 0.705. The minimum atomic E-state index is 0.191. The molecule has 106 valence electrons. The lowest BCUT2D eigenvalue weighted by Gasteiger charge is -2.46. The van der Waals surface area contributed by atoms with E-state index in [1.54, 1.807) is 0 Å². The average Bonchev–Trinajstić information content (AvgIpc) is 2.42. The van der Waals surface area contributed by atoms with Crippen molar-refractivity contribution < 1.29 is 14.0 Å². The van der Waals surface area contributed by atoms with E-state index in [0.717, 1.165) is 49.7 Å². The summed E-state index contributed by atoms with van der Waals surface area (Å²) in [4.78, 5) is 0. The zero-order chi connectivity index (χ0) is 13.8. The summed E-state index contributed by atoms with van der Waals surface area (Å²) in [6.07, 6.45) is 0. The zero-order valence-electron chi connectivity index (χ0n) is 12.4. The maximum absolute atomic E-state index is 5.96. The van der Waals surface area contributed by atoms with Crippen molar-refractivity contribution in [2.75, 3.05) is 46.5 Å². The Morgan fingerprint density at radius 2 is 1.79 bits per heavy atom. The fourth-order valence-corrected chi connectivity index (χ4v) is 2.62. The Bertz CT molecular complexity index is 383. The maximum atomic E-state index is 5.96. The van der Waals surface area contributed by atoms with Crippen LogP contribution in [0.1, 0.15) is 13.8 Å². The molecule has 1 aliphatic rings. The fraction of sp³-hybridized carbons (Fsp3) is 0.625. The molecule has 0 aliphatic carbocycles. The number of hydrogen-bond donors (Lipinski definition) is 0. The van der Waals surface area contributed by atoms with Gasteiger partial charge in [0.2, 0.25) is 0 Å². The van der Waals surface area contributed by atoms with Crippen LogP contribution in [0.4, 0.5) is 0 Å². The van der Waals surface area contributed by atoms with E-state index in [-0.39, 0.29) is 5.41 Å². The van der Waals surface area contributed by atoms with Crippen LogP contribution < -0.4 is 4.74 Å². The van der Waals surface area contributed by atoms with E-state index in [2.05, 4.69) is 20.9 Å². The lowest BCUT2D eigenvalue weighted by molar-refractivity contribution is -0.914. The number of para-hydroxylation sites is 1. The molecule has 1 aromatic carbocycles. The standard InChI is InChI=1S/C16H26NO2/c1-4-17(3,5-2)11-16(12-18-13-16)14-19-15-9-7-6-8-10-15/h6-10H,4-5,11-14H2,1-3H3/q+1. The minimum Gasteiger partial charge on any atom is -0.493 e. The summed E-state index contributed by atoms with van der Waals surface area (Å²) in [6, 6.07) is 10.1. The second-order valence-corrected chi connectivity index (χ2v) is 6.00. The lowest BCUT2D eigenvalue weighted by atomic mass is 9.85. The number of benzene rings is 1. The smallest absolute Gasteiger partial charge is 0.119 e. The van der Waals surface area contributed by atoms with Gasteiger partial charge in [0.25, 0.3) is 0 Å². The molecule has 0 radical (unpaired) electrons. The predicted octanol–water partition coefficient (Wildman–Crippen LogP) is 2.57. The fourth-order valence-electron chi connectivity index (χ4n) is 2.62. The van der Waals surface area contributed by atoms with Crippen LogP contribution in [0.2, 0.25) is 0 Å². The Kier molecular flexibility index (Phi) is 4.48. The minimum absolute atomic E-state index is 0.191. The van der Waals surface area contributed by atoms with E-state index >= 15 is 0 Å². The third-order valence-corrected chi connectivity index (χ3v) is 4.35. The number of hydrogen-bond acceptors (Lipinski definition) is 2. The molecule has 1 heterocycles. The van der Waals surface area contributed by atoms with Crippen LogP contribution >= 0.6 is 0 Å². The van der Waals surface area contributed by atoms with Crippen molar-refractivity contribution in [1.29, 1.82) is 0 Å². The van der Waals surface area contributed by atoms with Gasteiger partial charge in [0, 0.05) is 0 Å². The maximum Gasteiger partial charge on any atom is 0.119 e. The molecular weight excluding hydrogens is 238 g/mol. The molecule has 19 heavy (non-hydrogen) atoms. The number of nitrogens with zero attached hydrogens (tertiary/aromatic N) is 1. The molecule has 1 saturated heterocycles. The third-order valence-electron chi connectivity index (χ3n) is 4.35. The molecular formula is C16H26NO2+. The van der Waals surface area contributed by atoms with Crippen molar-refractivity contribution in [3.8, 4) is 5.75 Å². The van der Waals surface area contributed by atoms with Gasteiger partial charge in [0.05, 0.1) is 45.3 Å². The normalized spacial score (nSPS) is 17.8. The van der Waals surface area contributed by atoms with Crippen LogP contribution in [0.15, 0.2) is 30.3 Å². The van der Waals surface area contributed by atoms with Gasteiger partial charge in [-0.2, -0.15) is 0 Å². The van der Waals surface area contributed by atoms with E-state index < -0.39 is 0 Å². The Hall–Kier alpha value is -1.06. The molecule has 0 amide bonds. The lowest BCUT2D eigenvalue weighted by Crippen LogP contribution is -2.60. The van der Waals surface area contributed by atoms with Crippen molar-refractivity contribution in [2.45, 2.75) is 13.8 Å². The SMILES string of the molecule is CC[N+](C)(CC)CC1(COc2ccccc2)COC1. The van der Waals surface area contributed by atoms with Crippen molar-refractivity contribution in [2.24, 2.45) is 5.41 Å². The molecule has 0 aromatic heterocycles. The van der Waals surface area contributed by atoms with E-state index in [9.17, 15) is 0 Å². The van der Waals surface area contributed by atoms with E-state index in [1.807, 2.05) is 30.3 Å². The first-order valence-electron chi connectivity index (χ1n) is 7.21. The highest BCUT2D eigenvalue weighted by molar-refractivity contribution is 5.21. The highest BCUT2D eigenvalue weighted by atomic mass is 16.5. The van der Waals surface area contributed by atoms with E-state index in [1.165, 1.54) is 0 Å². The predicted molar refractivity (Wildman–Crippen MR) is 77.3 cm³/mol. The molecule has 0 saturated carbocycles. The second-order valence-electron chi connectivity index (χ2n) is 6.00. The van der Waals surface area contributed by atoms with Gasteiger partial charge in [-0.1, -0.05) is 18.2 Å². The number of ether oxygens (including phenoxy) is 2. The first-order chi connectivity index (χ1) is 9.11. The molecule has 1 aromatic rings. The van der Waals surface area contributed by atoms with Crippen LogP contribution in [0.25, 0.3) is 0 Å². The second kappa shape index (κ2) is 5.93. The summed E-state index contributed by atoms with van der Waals surface area (Å²) in [7, 11) is 2.32. The van der Waals surface area contributed by atoms with E-state index in [4.69, 9.17) is 9.47 Å². The van der Waals surface area contributed by atoms with Gasteiger partial charge in [0.15, 0.2) is 0 Å². The number of rotatable bonds is 7. The monoisotopic (exact) mass is 264 g/mol. The van der Waals surface area contributed by atoms with Crippen molar-refractivity contribution in [3.63, 3.8) is 0 Å². The molecule has 1 aliphatic heterocycles. The Balaban J connectivity index is 1.95. The molecule has 0 N–H and O–H groups in total. The Labute approximate surface area is 116 Å². The highest BCUT2D eigenvalue weighted by Crippen LogP contribution is 2.31. The van der Waals surface area contributed by atoms with Gasteiger partial charge in [-0.05, 0) is 26.0 Å². The average molecular weight is 264 g/mol. The van der Waals surface area contributed by atoms with Crippen LogP contribution in [-0.4, -0.2) is 51.0 Å². The first kappa shape index (κ1) is 14.4. The highest BCUT2D eigenvalue weighted by Gasteiger charge is 2.45. The molecule has 2 rings (SSSR count). The van der Waals surface area contributed by atoms with Crippen LogP contribution in [-0.2, 0) is 4.74 Å². The summed E-state index contributed by atoms with van der Waals surface area (Å²) in [5, 5.41) is 0. The molecule has 0 bridgehead atoms. The van der Waals surface area contributed by atoms with E-state index in [0.29, 0.717) is 0 Å². The van der Waals surface area contributed by atoms with Crippen molar-refractivity contribution >= 4 is 0 Å². The number of quaternary nitrogens is 1. The van der Waals surface area contributed by atoms with Crippen molar-refractivity contribution in [3.05, 3.63) is 30.3 Å². The Morgan fingerprint density at radius 1 is 1.16 bits per heavy atom. The van der Waals surface area contributed by atoms with Gasteiger partial charge >= 0.3 is 0 Å². The summed E-state index contributed by atoms with van der Waals surface area (Å²) < 4.78 is 12.5. The largest absolute Gasteiger partial charge is 0.493 e. The zero-order valence-corrected chi connectivity index (χ0v) is 12.4. The van der Waals surface area contributed by atoms with Gasteiger partial charge in [-0.15, -0.1) is 0 Å². The molecule has 3 nitrogen and oxygen atoms in total. The van der Waals surface area contributed by atoms with Crippen molar-refractivity contribution in [1.82, 2.24) is 0 Å². The van der Waals surface area contributed by atoms with Crippen LogP contribution in [0.5, 0.6) is 5.75 Å². The van der Waals surface area contributed by atoms with Gasteiger partial charge < -0.3 is 14.0 Å². The molecule has 1 fully saturated rings. The van der Waals surface area contributed by atoms with Crippen LogP contribution in [0, 0.1) is 5.41 Å². The van der Waals surface area contributed by atoms with Crippen LogP contribution in [0.3, 0.4) is 0 Å². The molecule has 0 atom stereocenters. The van der Waals surface area contributed by atoms with Gasteiger partial charge in [0.1, 0.15) is 12.4 Å². The third kappa shape index (κ3) is 3.48. The molecule has 3 heteroatoms. The van der Waals surface area contributed by atoms with Gasteiger partial charge in [-0.25, -0.2) is 0 Å². The summed E-state index contributed by atoms with van der Waals surface area (Å²) in [5.41, 5.74) is 0.191. The molecule has 0 unspecified atom stereocenters. The first-order valence-corrected chi connectivity index (χ1v) is 7.21. The summed E-state index contributed by atoms with van der Waals surface area (Å²) >= 11 is 0. The summed E-state index contributed by atoms with van der Waals surface area (Å²) in [5.74, 6) is 0.955. The molecule has 0 spiro atoms. The Morgan fingerprint density at radius 3 is 2.26 bits per heavy atom. The summed E-state index contributed by atoms with van der Waals surface area (Å²) in [6.45, 7) is 10.4. The topological polar surface area (TPSA) is 18.5 Å².